The molecule has 1 aromatic heterocycles. The summed E-state index contributed by atoms with van der Waals surface area (Å²) in [5.74, 6) is -2.05. The molecular formula is C20H14F4N2O3. The smallest absolute Gasteiger partial charge is 0.417 e. The van der Waals surface area contributed by atoms with Gasteiger partial charge in [-0.25, -0.2) is 4.39 Å². The Morgan fingerprint density at radius 1 is 1.10 bits per heavy atom. The fourth-order valence-corrected chi connectivity index (χ4v) is 2.84. The van der Waals surface area contributed by atoms with E-state index in [1.807, 2.05) is 0 Å². The van der Waals surface area contributed by atoms with Gasteiger partial charge in [0.25, 0.3) is 5.91 Å². The highest BCUT2D eigenvalue weighted by atomic mass is 19.4. The number of benzene rings is 2. The number of nitrogens with two attached hydrogens (primary N) is 1. The molecule has 0 saturated carbocycles. The molecule has 2 aromatic carbocycles. The van der Waals surface area contributed by atoms with Crippen LogP contribution < -0.4 is 16.0 Å². The standard InChI is InChI=1S/C20H14F4N2O3/c1-10-8-12(21)2-5-15(10)29-18-13(19(25)28)3-4-14(20(22,23)24)17(18)11-6-7-26-16(27)9-11/h2-9H,1H3,(H2,25,28)(H,26,27). The molecule has 3 aromatic rings. The Morgan fingerprint density at radius 2 is 1.83 bits per heavy atom. The Hall–Kier alpha value is -3.62. The Balaban J connectivity index is 2.36. The number of carbonyl (C=O) groups is 1. The van der Waals surface area contributed by atoms with Gasteiger partial charge in [-0.2, -0.15) is 13.2 Å². The number of nitrogens with one attached hydrogen (secondary N) is 1. The maximum atomic E-state index is 13.7. The van der Waals surface area contributed by atoms with Gasteiger partial charge < -0.3 is 15.5 Å². The summed E-state index contributed by atoms with van der Waals surface area (Å²) in [6, 6.07) is 7.18. The molecule has 3 rings (SSSR count). The number of hydrogen-bond donors (Lipinski definition) is 2. The summed E-state index contributed by atoms with van der Waals surface area (Å²) in [6.45, 7) is 1.49. The average molecular weight is 406 g/mol. The summed E-state index contributed by atoms with van der Waals surface area (Å²) in [5, 5.41) is 0. The number of halogens is 4. The van der Waals surface area contributed by atoms with Crippen molar-refractivity contribution in [2.24, 2.45) is 5.73 Å². The second-order valence-corrected chi connectivity index (χ2v) is 6.18. The van der Waals surface area contributed by atoms with Crippen LogP contribution in [0.4, 0.5) is 17.6 Å². The minimum Gasteiger partial charge on any atom is -0.456 e. The predicted octanol–water partition coefficient (Wildman–Crippen LogP) is 4.40. The minimum absolute atomic E-state index is 0.0271. The van der Waals surface area contributed by atoms with Crippen LogP contribution >= 0.6 is 0 Å². The molecule has 1 amide bonds. The van der Waals surface area contributed by atoms with Gasteiger partial charge in [-0.15, -0.1) is 0 Å². The molecule has 0 unspecified atom stereocenters. The number of pyridine rings is 1. The molecule has 0 aliphatic heterocycles. The van der Waals surface area contributed by atoms with Gasteiger partial charge in [-0.3, -0.25) is 9.59 Å². The summed E-state index contributed by atoms with van der Waals surface area (Å²) in [4.78, 5) is 25.9. The van der Waals surface area contributed by atoms with Crippen molar-refractivity contribution in [3.05, 3.63) is 81.5 Å². The highest BCUT2D eigenvalue weighted by molar-refractivity contribution is 5.99. The van der Waals surface area contributed by atoms with Crippen molar-refractivity contribution in [2.75, 3.05) is 0 Å². The van der Waals surface area contributed by atoms with Gasteiger partial charge in [0.15, 0.2) is 0 Å². The van der Waals surface area contributed by atoms with E-state index in [0.717, 1.165) is 24.3 Å². The van der Waals surface area contributed by atoms with Crippen molar-refractivity contribution in [3.8, 4) is 22.6 Å². The first kappa shape index (κ1) is 20.1. The lowest BCUT2D eigenvalue weighted by Crippen LogP contribution is -2.16. The first-order valence-corrected chi connectivity index (χ1v) is 8.25. The molecular weight excluding hydrogens is 392 g/mol. The number of primary amides is 1. The van der Waals surface area contributed by atoms with Crippen molar-refractivity contribution in [1.29, 1.82) is 0 Å². The molecule has 150 valence electrons. The van der Waals surface area contributed by atoms with Crippen LogP contribution in [-0.2, 0) is 6.18 Å². The van der Waals surface area contributed by atoms with Crippen LogP contribution in [0.15, 0.2) is 53.5 Å². The SMILES string of the molecule is Cc1cc(F)ccc1Oc1c(C(N)=O)ccc(C(F)(F)F)c1-c1cc[nH]c(=O)c1. The second-order valence-electron chi connectivity index (χ2n) is 6.18. The topological polar surface area (TPSA) is 85.2 Å². The third-order valence-corrected chi connectivity index (χ3v) is 4.14. The first-order valence-electron chi connectivity index (χ1n) is 8.25. The molecule has 0 bridgehead atoms. The van der Waals surface area contributed by atoms with E-state index in [9.17, 15) is 27.2 Å². The molecule has 1 heterocycles. The normalized spacial score (nSPS) is 11.3. The van der Waals surface area contributed by atoms with Crippen molar-refractivity contribution in [3.63, 3.8) is 0 Å². The van der Waals surface area contributed by atoms with Gasteiger partial charge in [0.1, 0.15) is 17.3 Å². The number of hydrogen-bond acceptors (Lipinski definition) is 3. The molecule has 5 nitrogen and oxygen atoms in total. The van der Waals surface area contributed by atoms with Crippen LogP contribution in [0, 0.1) is 12.7 Å². The van der Waals surface area contributed by atoms with Gasteiger partial charge in [0.2, 0.25) is 5.56 Å². The third-order valence-electron chi connectivity index (χ3n) is 4.14. The lowest BCUT2D eigenvalue weighted by atomic mass is 9.95. The molecule has 0 aliphatic carbocycles. The van der Waals surface area contributed by atoms with E-state index >= 15 is 0 Å². The maximum absolute atomic E-state index is 13.7. The summed E-state index contributed by atoms with van der Waals surface area (Å²) >= 11 is 0. The molecule has 0 aliphatic rings. The lowest BCUT2D eigenvalue weighted by Gasteiger charge is -2.20. The number of aryl methyl sites for hydroxylation is 1. The van der Waals surface area contributed by atoms with E-state index in [0.29, 0.717) is 6.07 Å². The van der Waals surface area contributed by atoms with Crippen molar-refractivity contribution >= 4 is 5.91 Å². The monoisotopic (exact) mass is 406 g/mol. The van der Waals surface area contributed by atoms with Crippen molar-refractivity contribution < 1.29 is 27.1 Å². The van der Waals surface area contributed by atoms with E-state index in [4.69, 9.17) is 10.5 Å². The number of alkyl halides is 3. The number of rotatable bonds is 4. The van der Waals surface area contributed by atoms with Gasteiger partial charge in [0, 0.05) is 17.8 Å². The van der Waals surface area contributed by atoms with E-state index in [-0.39, 0.29) is 22.4 Å². The number of ether oxygens (including phenoxy) is 1. The number of H-pyrrole nitrogens is 1. The van der Waals surface area contributed by atoms with Crippen LogP contribution in [0.25, 0.3) is 11.1 Å². The average Bonchev–Trinajstić information content (AvgIpc) is 2.62. The summed E-state index contributed by atoms with van der Waals surface area (Å²) in [6.07, 6.45) is -3.65. The van der Waals surface area contributed by atoms with E-state index in [1.165, 1.54) is 25.3 Å². The molecule has 0 atom stereocenters. The van der Waals surface area contributed by atoms with Gasteiger partial charge in [0.05, 0.1) is 11.1 Å². The predicted molar refractivity (Wildman–Crippen MR) is 97.2 cm³/mol. The molecule has 0 fully saturated rings. The summed E-state index contributed by atoms with van der Waals surface area (Å²) in [7, 11) is 0. The van der Waals surface area contributed by atoms with Gasteiger partial charge in [-0.1, -0.05) is 0 Å². The van der Waals surface area contributed by atoms with Crippen LogP contribution in [0.5, 0.6) is 11.5 Å². The zero-order valence-corrected chi connectivity index (χ0v) is 14.9. The Bertz CT molecular complexity index is 1150. The third kappa shape index (κ3) is 4.13. The van der Waals surface area contributed by atoms with E-state index < -0.39 is 40.3 Å². The van der Waals surface area contributed by atoms with Crippen LogP contribution in [0.1, 0.15) is 21.5 Å². The number of amides is 1. The van der Waals surface area contributed by atoms with Crippen molar-refractivity contribution in [1.82, 2.24) is 4.98 Å². The lowest BCUT2D eigenvalue weighted by molar-refractivity contribution is -0.137. The molecule has 0 saturated heterocycles. The number of carbonyl (C=O) groups excluding carboxylic acids is 1. The highest BCUT2D eigenvalue weighted by Crippen LogP contribution is 2.45. The fourth-order valence-electron chi connectivity index (χ4n) is 2.84. The molecule has 0 spiro atoms. The van der Waals surface area contributed by atoms with Gasteiger partial charge >= 0.3 is 6.18 Å². The fraction of sp³-hybridized carbons (Fsp3) is 0.100. The van der Waals surface area contributed by atoms with Crippen LogP contribution in [0.3, 0.4) is 0 Å². The Morgan fingerprint density at radius 3 is 2.41 bits per heavy atom. The Kier molecular flexibility index (Phi) is 5.15. The largest absolute Gasteiger partial charge is 0.456 e. The summed E-state index contributed by atoms with van der Waals surface area (Å²) in [5.41, 5.74) is 2.88. The molecule has 3 N–H and O–H groups in total. The zero-order valence-electron chi connectivity index (χ0n) is 14.9. The van der Waals surface area contributed by atoms with Crippen LogP contribution in [0.2, 0.25) is 0 Å². The van der Waals surface area contributed by atoms with E-state index in [2.05, 4.69) is 4.98 Å². The number of aromatic nitrogens is 1. The quantitative estimate of drug-likeness (QED) is 0.630. The molecule has 0 radical (unpaired) electrons. The highest BCUT2D eigenvalue weighted by Gasteiger charge is 2.37. The maximum Gasteiger partial charge on any atom is 0.417 e. The summed E-state index contributed by atoms with van der Waals surface area (Å²) < 4.78 is 60.2. The van der Waals surface area contributed by atoms with Crippen LogP contribution in [-0.4, -0.2) is 10.9 Å². The number of aromatic amines is 1. The zero-order chi connectivity index (χ0) is 21.3. The minimum atomic E-state index is -4.82. The second kappa shape index (κ2) is 7.42. The Labute approximate surface area is 161 Å². The van der Waals surface area contributed by atoms with E-state index in [1.54, 1.807) is 0 Å². The van der Waals surface area contributed by atoms with Crippen molar-refractivity contribution in [2.45, 2.75) is 13.1 Å². The van der Waals surface area contributed by atoms with Gasteiger partial charge in [-0.05, 0) is 54.4 Å². The first-order chi connectivity index (χ1) is 13.6. The molecule has 29 heavy (non-hydrogen) atoms. The molecule has 9 heteroatoms.